The lowest BCUT2D eigenvalue weighted by molar-refractivity contribution is -0.139. The Hall–Kier alpha value is -2.84. The molecule has 0 spiro atoms. The molecule has 22 heavy (non-hydrogen) atoms. The summed E-state index contributed by atoms with van der Waals surface area (Å²) in [6, 6.07) is 0. The van der Waals surface area contributed by atoms with E-state index in [1.54, 1.807) is 6.92 Å². The predicted octanol–water partition coefficient (Wildman–Crippen LogP) is -1.33. The van der Waals surface area contributed by atoms with Gasteiger partial charge in [-0.05, 0) is 6.92 Å². The zero-order valence-corrected chi connectivity index (χ0v) is 12.7. The highest BCUT2D eigenvalue weighted by Gasteiger charge is 2.29. The molecule has 1 aliphatic heterocycles. The van der Waals surface area contributed by atoms with Crippen molar-refractivity contribution in [1.29, 1.82) is 0 Å². The molecule has 1 aliphatic rings. The summed E-state index contributed by atoms with van der Waals surface area (Å²) in [5.41, 5.74) is 1.05. The number of ketones is 1. The fourth-order valence-corrected chi connectivity index (χ4v) is 2.22. The normalized spacial score (nSPS) is 13.9. The number of ether oxygens (including phenoxy) is 1. The summed E-state index contributed by atoms with van der Waals surface area (Å²) >= 11 is 0. The molecule has 0 saturated carbocycles. The third-order valence-electron chi connectivity index (χ3n) is 3.26. The number of nitrogens with one attached hydrogen (secondary N) is 1. The van der Waals surface area contributed by atoms with Gasteiger partial charge in [0.15, 0.2) is 5.78 Å². The molecule has 1 aromatic rings. The van der Waals surface area contributed by atoms with Crippen molar-refractivity contribution >= 4 is 17.6 Å². The second kappa shape index (κ2) is 5.51. The Kier molecular flexibility index (Phi) is 3.89. The van der Waals surface area contributed by atoms with Crippen molar-refractivity contribution in [2.45, 2.75) is 6.92 Å². The van der Waals surface area contributed by atoms with E-state index in [1.165, 1.54) is 26.2 Å². The molecule has 0 aliphatic carbocycles. The number of rotatable bonds is 2. The molecular weight excluding hydrogens is 292 g/mol. The van der Waals surface area contributed by atoms with E-state index >= 15 is 0 Å². The van der Waals surface area contributed by atoms with Gasteiger partial charge in [0.25, 0.3) is 5.56 Å². The number of carbonyl (C=O) groups is 2. The summed E-state index contributed by atoms with van der Waals surface area (Å²) in [7, 11) is 4.21. The van der Waals surface area contributed by atoms with Gasteiger partial charge in [0, 0.05) is 27.2 Å². The lowest BCUT2D eigenvalue weighted by Gasteiger charge is -2.23. The van der Waals surface area contributed by atoms with Gasteiger partial charge in [-0.3, -0.25) is 29.2 Å². The molecule has 0 aromatic carbocycles. The molecule has 0 unspecified atom stereocenters. The Morgan fingerprint density at radius 3 is 2.41 bits per heavy atom. The standard InChI is InChI=1S/C13H16N4O5/c1-5-22-12(20)7-6-8(18)9-10(17(4)14-7)15(2)13(21)16(3)11(9)19/h6,14H,5H2,1-4H3. The summed E-state index contributed by atoms with van der Waals surface area (Å²) in [5, 5.41) is 1.27. The number of hydrogen-bond acceptors (Lipinski definition) is 7. The van der Waals surface area contributed by atoms with Crippen molar-refractivity contribution in [3.05, 3.63) is 38.2 Å². The Labute approximate surface area is 125 Å². The molecule has 2 heterocycles. The molecule has 9 heteroatoms. The summed E-state index contributed by atoms with van der Waals surface area (Å²) in [6.07, 6.45) is 0.992. The summed E-state index contributed by atoms with van der Waals surface area (Å²) in [4.78, 5) is 48.4. The SMILES string of the molecule is CCOC(=O)C1=CC(=O)c2c(n(C)c(=O)n(C)c2=O)N(C)N1. The van der Waals surface area contributed by atoms with Crippen molar-refractivity contribution in [3.8, 4) is 0 Å². The van der Waals surface area contributed by atoms with Crippen molar-refractivity contribution in [3.63, 3.8) is 0 Å². The molecule has 0 fully saturated rings. The maximum absolute atomic E-state index is 12.3. The van der Waals surface area contributed by atoms with Crippen LogP contribution in [0.15, 0.2) is 21.4 Å². The van der Waals surface area contributed by atoms with Gasteiger partial charge < -0.3 is 4.74 Å². The van der Waals surface area contributed by atoms with E-state index < -0.39 is 23.0 Å². The van der Waals surface area contributed by atoms with E-state index in [0.717, 1.165) is 15.2 Å². The fraction of sp³-hybridized carbons (Fsp3) is 0.385. The predicted molar refractivity (Wildman–Crippen MR) is 77.5 cm³/mol. The van der Waals surface area contributed by atoms with Crippen molar-refractivity contribution in [1.82, 2.24) is 14.6 Å². The van der Waals surface area contributed by atoms with Gasteiger partial charge in [-0.15, -0.1) is 0 Å². The number of aromatic nitrogens is 2. The molecule has 0 atom stereocenters. The van der Waals surface area contributed by atoms with Gasteiger partial charge in [0.05, 0.1) is 6.61 Å². The van der Waals surface area contributed by atoms with Crippen LogP contribution in [0.4, 0.5) is 5.82 Å². The third-order valence-corrected chi connectivity index (χ3v) is 3.26. The second-order valence-electron chi connectivity index (χ2n) is 4.72. The highest BCUT2D eigenvalue weighted by Crippen LogP contribution is 2.18. The minimum absolute atomic E-state index is 0.0775. The van der Waals surface area contributed by atoms with E-state index in [9.17, 15) is 19.2 Å². The molecule has 9 nitrogen and oxygen atoms in total. The monoisotopic (exact) mass is 308 g/mol. The molecule has 0 amide bonds. The number of nitrogens with zero attached hydrogens (tertiary/aromatic N) is 3. The van der Waals surface area contributed by atoms with Crippen LogP contribution in [-0.2, 0) is 23.6 Å². The van der Waals surface area contributed by atoms with Gasteiger partial charge in [0.2, 0.25) is 0 Å². The number of anilines is 1. The van der Waals surface area contributed by atoms with E-state index in [1.807, 2.05) is 0 Å². The highest BCUT2D eigenvalue weighted by atomic mass is 16.5. The number of fused-ring (bicyclic) bond motifs is 1. The third kappa shape index (κ3) is 2.30. The Morgan fingerprint density at radius 2 is 1.82 bits per heavy atom. The van der Waals surface area contributed by atoms with Crippen molar-refractivity contribution in [2.24, 2.45) is 14.1 Å². The van der Waals surface area contributed by atoms with Gasteiger partial charge >= 0.3 is 11.7 Å². The molecule has 1 N–H and O–H groups in total. The molecule has 2 rings (SSSR count). The van der Waals surface area contributed by atoms with E-state index in [2.05, 4.69) is 5.43 Å². The average molecular weight is 308 g/mol. The maximum atomic E-state index is 12.3. The van der Waals surface area contributed by atoms with Crippen LogP contribution in [0.1, 0.15) is 17.3 Å². The van der Waals surface area contributed by atoms with Crippen LogP contribution < -0.4 is 21.7 Å². The molecule has 0 bridgehead atoms. The van der Waals surface area contributed by atoms with Crippen molar-refractivity contribution < 1.29 is 14.3 Å². The number of hydrazine groups is 1. The molecule has 0 radical (unpaired) electrons. The second-order valence-corrected chi connectivity index (χ2v) is 4.72. The van der Waals surface area contributed by atoms with Gasteiger partial charge in [-0.1, -0.05) is 0 Å². The first-order valence-electron chi connectivity index (χ1n) is 6.53. The van der Waals surface area contributed by atoms with Crippen LogP contribution in [0.3, 0.4) is 0 Å². The number of carbonyl (C=O) groups excluding carboxylic acids is 2. The van der Waals surface area contributed by atoms with Crippen LogP contribution in [0, 0.1) is 0 Å². The lowest BCUT2D eigenvalue weighted by Crippen LogP contribution is -2.45. The van der Waals surface area contributed by atoms with Crippen LogP contribution >= 0.6 is 0 Å². The Bertz CT molecular complexity index is 802. The maximum Gasteiger partial charge on any atom is 0.356 e. The molecule has 118 valence electrons. The van der Waals surface area contributed by atoms with E-state index in [0.29, 0.717) is 0 Å². The Balaban J connectivity index is 2.70. The first-order chi connectivity index (χ1) is 10.3. The summed E-state index contributed by atoms with van der Waals surface area (Å²) < 4.78 is 6.84. The zero-order valence-electron chi connectivity index (χ0n) is 12.7. The largest absolute Gasteiger partial charge is 0.461 e. The van der Waals surface area contributed by atoms with Crippen LogP contribution in [0.2, 0.25) is 0 Å². The first-order valence-corrected chi connectivity index (χ1v) is 6.53. The van der Waals surface area contributed by atoms with Crippen molar-refractivity contribution in [2.75, 3.05) is 18.7 Å². The van der Waals surface area contributed by atoms with Gasteiger partial charge in [-0.2, -0.15) is 0 Å². The van der Waals surface area contributed by atoms with E-state index in [-0.39, 0.29) is 23.7 Å². The van der Waals surface area contributed by atoms with E-state index in [4.69, 9.17) is 4.74 Å². The van der Waals surface area contributed by atoms with Crippen LogP contribution in [0.25, 0.3) is 0 Å². The number of esters is 1. The van der Waals surface area contributed by atoms with Gasteiger partial charge in [0.1, 0.15) is 17.1 Å². The average Bonchev–Trinajstić information content (AvgIpc) is 2.60. The Morgan fingerprint density at radius 1 is 1.18 bits per heavy atom. The highest BCUT2D eigenvalue weighted by molar-refractivity contribution is 6.11. The fourth-order valence-electron chi connectivity index (χ4n) is 2.22. The first kappa shape index (κ1) is 15.5. The van der Waals surface area contributed by atoms with Gasteiger partial charge in [-0.25, -0.2) is 9.59 Å². The summed E-state index contributed by atoms with van der Waals surface area (Å²) in [5.74, 6) is -1.32. The molecule has 0 saturated heterocycles. The molecular formula is C13H16N4O5. The smallest absolute Gasteiger partial charge is 0.356 e. The number of allylic oxidation sites excluding steroid dienone is 1. The topological polar surface area (TPSA) is 103 Å². The minimum atomic E-state index is -0.725. The minimum Gasteiger partial charge on any atom is -0.461 e. The number of hydrogen-bond donors (Lipinski definition) is 1. The quantitative estimate of drug-likeness (QED) is 0.675. The van der Waals surface area contributed by atoms with Crippen LogP contribution in [-0.4, -0.2) is 34.5 Å². The summed E-state index contributed by atoms with van der Waals surface area (Å²) in [6.45, 7) is 1.78. The zero-order chi connectivity index (χ0) is 16.6. The molecule has 1 aromatic heterocycles. The lowest BCUT2D eigenvalue weighted by atomic mass is 10.1. The van der Waals surface area contributed by atoms with Crippen LogP contribution in [0.5, 0.6) is 0 Å².